The molecule has 0 bridgehead atoms. The second-order valence-corrected chi connectivity index (χ2v) is 5.46. The summed E-state index contributed by atoms with van der Waals surface area (Å²) in [5.41, 5.74) is 0. The maximum atomic E-state index is 11.9. The lowest BCUT2D eigenvalue weighted by atomic mass is 10.2. The molecule has 8 nitrogen and oxygen atoms in total. The SMILES string of the molecule is C[C@H]1C(=O)NCCCN1c1nc2sccn2c1[N+](=O)[O-]. The summed E-state index contributed by atoms with van der Waals surface area (Å²) in [6, 6.07) is -0.471. The van der Waals surface area contributed by atoms with Crippen LogP contribution in [0.1, 0.15) is 13.3 Å². The molecule has 20 heavy (non-hydrogen) atoms. The van der Waals surface area contributed by atoms with Crippen molar-refractivity contribution >= 4 is 33.8 Å². The number of nitrogens with zero attached hydrogens (tertiary/aromatic N) is 4. The van der Waals surface area contributed by atoms with Gasteiger partial charge in [0, 0.05) is 18.5 Å². The largest absolute Gasteiger partial charge is 0.373 e. The van der Waals surface area contributed by atoms with Gasteiger partial charge in [-0.1, -0.05) is 11.3 Å². The van der Waals surface area contributed by atoms with Gasteiger partial charge in [-0.25, -0.2) is 0 Å². The van der Waals surface area contributed by atoms with E-state index >= 15 is 0 Å². The first-order chi connectivity index (χ1) is 9.59. The molecule has 1 saturated heterocycles. The fourth-order valence-electron chi connectivity index (χ4n) is 2.36. The number of fused-ring (bicyclic) bond motifs is 1. The Bertz CT molecular complexity index is 679. The molecule has 2 aromatic rings. The van der Waals surface area contributed by atoms with Crippen LogP contribution in [0.4, 0.5) is 11.6 Å². The molecule has 3 rings (SSSR count). The molecule has 0 saturated carbocycles. The van der Waals surface area contributed by atoms with Crippen LogP contribution < -0.4 is 10.2 Å². The fourth-order valence-corrected chi connectivity index (χ4v) is 3.06. The number of aromatic nitrogens is 2. The van der Waals surface area contributed by atoms with Crippen molar-refractivity contribution in [3.8, 4) is 0 Å². The molecule has 0 unspecified atom stereocenters. The third-order valence-corrected chi connectivity index (χ3v) is 4.14. The van der Waals surface area contributed by atoms with Crippen molar-refractivity contribution in [3.05, 3.63) is 21.7 Å². The Kier molecular flexibility index (Phi) is 3.05. The summed E-state index contributed by atoms with van der Waals surface area (Å²) < 4.78 is 1.45. The van der Waals surface area contributed by atoms with E-state index in [0.717, 1.165) is 6.42 Å². The molecule has 3 heterocycles. The number of amides is 1. The number of anilines is 1. The highest BCUT2D eigenvalue weighted by Crippen LogP contribution is 2.32. The Hall–Kier alpha value is -2.16. The van der Waals surface area contributed by atoms with E-state index < -0.39 is 11.0 Å². The average Bonchev–Trinajstić information content (AvgIpc) is 2.92. The van der Waals surface area contributed by atoms with Crippen LogP contribution in [0.5, 0.6) is 0 Å². The summed E-state index contributed by atoms with van der Waals surface area (Å²) in [6.07, 6.45) is 2.36. The Morgan fingerprint density at radius 3 is 3.15 bits per heavy atom. The molecular weight excluding hydrogens is 282 g/mol. The molecular formula is C11H13N5O3S. The van der Waals surface area contributed by atoms with E-state index in [-0.39, 0.29) is 17.5 Å². The van der Waals surface area contributed by atoms with E-state index in [2.05, 4.69) is 10.3 Å². The van der Waals surface area contributed by atoms with Crippen molar-refractivity contribution in [3.63, 3.8) is 0 Å². The Labute approximate surface area is 118 Å². The van der Waals surface area contributed by atoms with E-state index in [0.29, 0.717) is 18.1 Å². The van der Waals surface area contributed by atoms with Gasteiger partial charge in [-0.3, -0.25) is 4.79 Å². The fraction of sp³-hybridized carbons (Fsp3) is 0.455. The van der Waals surface area contributed by atoms with E-state index in [9.17, 15) is 14.9 Å². The molecule has 0 radical (unpaired) electrons. The summed E-state index contributed by atoms with van der Waals surface area (Å²) >= 11 is 1.33. The molecule has 1 aliphatic rings. The highest BCUT2D eigenvalue weighted by Gasteiger charge is 2.33. The normalized spacial score (nSPS) is 19.9. The minimum Gasteiger partial charge on any atom is -0.358 e. The van der Waals surface area contributed by atoms with Gasteiger partial charge in [0.15, 0.2) is 0 Å². The van der Waals surface area contributed by atoms with Crippen LogP contribution in [0.15, 0.2) is 11.6 Å². The van der Waals surface area contributed by atoms with Crippen LogP contribution in [0.2, 0.25) is 0 Å². The van der Waals surface area contributed by atoms with Gasteiger partial charge in [-0.15, -0.1) is 0 Å². The van der Waals surface area contributed by atoms with E-state index in [4.69, 9.17) is 0 Å². The Balaban J connectivity index is 2.12. The third-order valence-electron chi connectivity index (χ3n) is 3.39. The van der Waals surface area contributed by atoms with Gasteiger partial charge in [0.05, 0.1) is 0 Å². The van der Waals surface area contributed by atoms with Gasteiger partial charge in [-0.05, 0) is 18.3 Å². The first-order valence-electron chi connectivity index (χ1n) is 6.24. The smallest absolute Gasteiger partial charge is 0.358 e. The summed E-state index contributed by atoms with van der Waals surface area (Å²) in [7, 11) is 0. The number of nitrogens with one attached hydrogen (secondary N) is 1. The number of imidazole rings is 1. The van der Waals surface area contributed by atoms with Gasteiger partial charge in [-0.2, -0.15) is 9.38 Å². The molecule has 1 fully saturated rings. The maximum Gasteiger partial charge on any atom is 0.373 e. The molecule has 9 heteroatoms. The number of rotatable bonds is 2. The van der Waals surface area contributed by atoms with Crippen LogP contribution in [-0.4, -0.2) is 39.3 Å². The van der Waals surface area contributed by atoms with Crippen molar-refractivity contribution < 1.29 is 9.72 Å². The van der Waals surface area contributed by atoms with Crippen LogP contribution in [-0.2, 0) is 4.79 Å². The number of carbonyl (C=O) groups excluding carboxylic acids is 1. The predicted molar refractivity (Wildman–Crippen MR) is 74.2 cm³/mol. The highest BCUT2D eigenvalue weighted by atomic mass is 32.1. The van der Waals surface area contributed by atoms with Gasteiger partial charge in [0.2, 0.25) is 11.7 Å². The average molecular weight is 295 g/mol. The van der Waals surface area contributed by atoms with Crippen LogP contribution in [0, 0.1) is 10.1 Å². The zero-order valence-corrected chi connectivity index (χ0v) is 11.6. The van der Waals surface area contributed by atoms with Gasteiger partial charge in [0.25, 0.3) is 4.96 Å². The molecule has 2 aromatic heterocycles. The summed E-state index contributed by atoms with van der Waals surface area (Å²) in [5, 5.41) is 15.9. The quantitative estimate of drug-likeness (QED) is 0.659. The lowest BCUT2D eigenvalue weighted by molar-refractivity contribution is -0.389. The van der Waals surface area contributed by atoms with Crippen LogP contribution in [0.25, 0.3) is 4.96 Å². The minimum atomic E-state index is -0.471. The molecule has 1 N–H and O–H groups in total. The Morgan fingerprint density at radius 1 is 1.60 bits per heavy atom. The zero-order chi connectivity index (χ0) is 14.3. The topological polar surface area (TPSA) is 92.8 Å². The lowest BCUT2D eigenvalue weighted by Gasteiger charge is -2.24. The number of nitro groups is 1. The standard InChI is InChI=1S/C11H13N5O3S/c1-7-9(17)12-3-2-4-14(7)8-10(16(18)19)15-5-6-20-11(15)13-8/h5-7H,2-4H2,1H3,(H,12,17)/t7-/m0/s1. The molecule has 0 spiro atoms. The molecule has 0 aromatic carbocycles. The van der Waals surface area contributed by atoms with Gasteiger partial charge >= 0.3 is 5.82 Å². The number of hydrogen-bond acceptors (Lipinski definition) is 6. The summed E-state index contributed by atoms with van der Waals surface area (Å²) in [5.74, 6) is 0.0577. The first kappa shape index (κ1) is 12.9. The second kappa shape index (κ2) is 4.75. The molecule has 1 atom stereocenters. The number of thiazole rings is 1. The van der Waals surface area contributed by atoms with Crippen molar-refractivity contribution in [2.75, 3.05) is 18.0 Å². The van der Waals surface area contributed by atoms with Crippen molar-refractivity contribution in [1.82, 2.24) is 14.7 Å². The predicted octanol–water partition coefficient (Wildman–Crippen LogP) is 1.02. The number of hydrogen-bond donors (Lipinski definition) is 1. The van der Waals surface area contributed by atoms with Crippen LogP contribution in [0.3, 0.4) is 0 Å². The first-order valence-corrected chi connectivity index (χ1v) is 7.12. The second-order valence-electron chi connectivity index (χ2n) is 4.59. The maximum absolute atomic E-state index is 11.9. The highest BCUT2D eigenvalue weighted by molar-refractivity contribution is 7.15. The van der Waals surface area contributed by atoms with Crippen molar-refractivity contribution in [2.24, 2.45) is 0 Å². The zero-order valence-electron chi connectivity index (χ0n) is 10.8. The van der Waals surface area contributed by atoms with Crippen molar-refractivity contribution in [1.29, 1.82) is 0 Å². The van der Waals surface area contributed by atoms with Crippen molar-refractivity contribution in [2.45, 2.75) is 19.4 Å². The monoisotopic (exact) mass is 295 g/mol. The number of carbonyl (C=O) groups is 1. The molecule has 1 amide bonds. The third kappa shape index (κ3) is 1.90. The van der Waals surface area contributed by atoms with Gasteiger partial charge < -0.3 is 20.3 Å². The van der Waals surface area contributed by atoms with E-state index in [1.165, 1.54) is 15.7 Å². The summed E-state index contributed by atoms with van der Waals surface area (Å²) in [6.45, 7) is 2.87. The summed E-state index contributed by atoms with van der Waals surface area (Å²) in [4.78, 5) is 29.4. The molecule has 1 aliphatic heterocycles. The Morgan fingerprint density at radius 2 is 2.40 bits per heavy atom. The molecule has 0 aliphatic carbocycles. The van der Waals surface area contributed by atoms with Crippen LogP contribution >= 0.6 is 11.3 Å². The van der Waals surface area contributed by atoms with E-state index in [1.807, 2.05) is 0 Å². The molecule has 106 valence electrons. The van der Waals surface area contributed by atoms with E-state index in [1.54, 1.807) is 23.4 Å². The minimum absolute atomic E-state index is 0.0807. The lowest BCUT2D eigenvalue weighted by Crippen LogP contribution is -2.42. The van der Waals surface area contributed by atoms with Gasteiger partial charge in [0.1, 0.15) is 12.2 Å².